The molecule has 2 heteroatoms. The molecule has 2 aromatic carbocycles. The quantitative estimate of drug-likeness (QED) is 0.918. The molecule has 0 aliphatic carbocycles. The molecule has 1 N–H and O–H groups in total. The van der Waals surface area contributed by atoms with E-state index in [1.807, 2.05) is 13.1 Å². The average molecular weight is 267 g/mol. The molecule has 104 valence electrons. The Kier molecular flexibility index (Phi) is 3.49. The molecule has 0 saturated carbocycles. The Morgan fingerprint density at radius 2 is 1.95 bits per heavy atom. The van der Waals surface area contributed by atoms with Gasteiger partial charge in [-0.25, -0.2) is 0 Å². The zero-order valence-electron chi connectivity index (χ0n) is 12.3. The monoisotopic (exact) mass is 267 g/mol. The summed E-state index contributed by atoms with van der Waals surface area (Å²) >= 11 is 0. The van der Waals surface area contributed by atoms with E-state index >= 15 is 0 Å². The van der Waals surface area contributed by atoms with E-state index in [9.17, 15) is 0 Å². The molecule has 0 spiro atoms. The molecule has 0 bridgehead atoms. The molecule has 2 atom stereocenters. The Morgan fingerprint density at radius 1 is 1.15 bits per heavy atom. The number of benzene rings is 2. The fourth-order valence-electron chi connectivity index (χ4n) is 3.11. The average Bonchev–Trinajstić information content (AvgIpc) is 2.85. The van der Waals surface area contributed by atoms with Crippen LogP contribution in [0.4, 0.5) is 0 Å². The molecule has 2 nitrogen and oxygen atoms in total. The van der Waals surface area contributed by atoms with Gasteiger partial charge in [-0.2, -0.15) is 0 Å². The molecule has 0 aromatic heterocycles. The maximum atomic E-state index is 6.14. The number of likely N-dealkylation sites (N-methyl/N-ethyl adjacent to an activating group) is 1. The highest BCUT2D eigenvalue weighted by Crippen LogP contribution is 2.34. The summed E-state index contributed by atoms with van der Waals surface area (Å²) in [6.45, 7) is 4.31. The number of rotatable bonds is 3. The van der Waals surface area contributed by atoms with Gasteiger partial charge in [-0.15, -0.1) is 0 Å². The molecule has 0 saturated heterocycles. The Labute approximate surface area is 120 Å². The van der Waals surface area contributed by atoms with E-state index < -0.39 is 0 Å². The second kappa shape index (κ2) is 5.29. The summed E-state index contributed by atoms with van der Waals surface area (Å²) in [4.78, 5) is 0. The highest BCUT2D eigenvalue weighted by atomic mass is 16.5. The van der Waals surface area contributed by atoms with Crippen molar-refractivity contribution in [3.8, 4) is 5.75 Å². The van der Waals surface area contributed by atoms with Crippen LogP contribution in [-0.2, 0) is 6.42 Å². The molecule has 2 unspecified atom stereocenters. The molecule has 0 radical (unpaired) electrons. The van der Waals surface area contributed by atoms with Crippen LogP contribution in [0, 0.1) is 13.8 Å². The van der Waals surface area contributed by atoms with Gasteiger partial charge < -0.3 is 10.1 Å². The lowest BCUT2D eigenvalue weighted by Crippen LogP contribution is -2.33. The van der Waals surface area contributed by atoms with Gasteiger partial charge in [0.15, 0.2) is 0 Å². The molecule has 0 amide bonds. The van der Waals surface area contributed by atoms with Crippen LogP contribution in [-0.4, -0.2) is 13.2 Å². The van der Waals surface area contributed by atoms with Crippen molar-refractivity contribution in [1.82, 2.24) is 5.32 Å². The molecule has 2 aromatic rings. The van der Waals surface area contributed by atoms with E-state index in [4.69, 9.17) is 4.74 Å². The highest BCUT2D eigenvalue weighted by Gasteiger charge is 2.30. The first kappa shape index (κ1) is 13.2. The minimum absolute atomic E-state index is 0.166. The maximum Gasteiger partial charge on any atom is 0.123 e. The van der Waals surface area contributed by atoms with Crippen LogP contribution in [0.3, 0.4) is 0 Å². The van der Waals surface area contributed by atoms with Crippen LogP contribution in [0.1, 0.15) is 28.3 Å². The summed E-state index contributed by atoms with van der Waals surface area (Å²) in [7, 11) is 2.01. The van der Waals surface area contributed by atoms with Gasteiger partial charge in [0, 0.05) is 6.42 Å². The van der Waals surface area contributed by atoms with Crippen molar-refractivity contribution in [3.05, 3.63) is 64.7 Å². The minimum Gasteiger partial charge on any atom is -0.488 e. The van der Waals surface area contributed by atoms with Crippen LogP contribution in [0.25, 0.3) is 0 Å². The van der Waals surface area contributed by atoms with Gasteiger partial charge in [-0.05, 0) is 43.7 Å². The predicted molar refractivity (Wildman–Crippen MR) is 82.3 cm³/mol. The Hall–Kier alpha value is -1.80. The number of ether oxygens (including phenoxy) is 1. The van der Waals surface area contributed by atoms with E-state index in [1.165, 1.54) is 22.3 Å². The Morgan fingerprint density at radius 3 is 2.65 bits per heavy atom. The van der Waals surface area contributed by atoms with Crippen molar-refractivity contribution in [2.45, 2.75) is 32.4 Å². The zero-order chi connectivity index (χ0) is 14.1. The largest absolute Gasteiger partial charge is 0.488 e. The van der Waals surface area contributed by atoms with E-state index in [0.29, 0.717) is 0 Å². The number of aryl methyl sites for hydroxylation is 2. The van der Waals surface area contributed by atoms with E-state index in [0.717, 1.165) is 12.2 Å². The topological polar surface area (TPSA) is 21.3 Å². The number of nitrogens with one attached hydrogen (secondary N) is 1. The molecule has 1 aliphatic heterocycles. The lowest BCUT2D eigenvalue weighted by molar-refractivity contribution is 0.183. The summed E-state index contributed by atoms with van der Waals surface area (Å²) in [6.07, 6.45) is 1.13. The zero-order valence-corrected chi connectivity index (χ0v) is 12.3. The summed E-state index contributed by atoms with van der Waals surface area (Å²) in [5.74, 6) is 1.03. The van der Waals surface area contributed by atoms with Crippen molar-refractivity contribution < 1.29 is 4.74 Å². The van der Waals surface area contributed by atoms with Gasteiger partial charge in [0.2, 0.25) is 0 Å². The van der Waals surface area contributed by atoms with Gasteiger partial charge in [0.25, 0.3) is 0 Å². The second-order valence-electron chi connectivity index (χ2n) is 5.59. The predicted octanol–water partition coefficient (Wildman–Crippen LogP) is 3.57. The molecule has 20 heavy (non-hydrogen) atoms. The lowest BCUT2D eigenvalue weighted by Gasteiger charge is -2.25. The van der Waals surface area contributed by atoms with Gasteiger partial charge >= 0.3 is 0 Å². The number of hydrogen-bond donors (Lipinski definition) is 1. The number of fused-ring (bicyclic) bond motifs is 1. The normalized spacial score (nSPS) is 18.4. The summed E-state index contributed by atoms with van der Waals surface area (Å²) in [5.41, 5.74) is 5.26. The number of para-hydroxylation sites is 1. The van der Waals surface area contributed by atoms with E-state index in [1.54, 1.807) is 0 Å². The summed E-state index contributed by atoms with van der Waals surface area (Å²) in [6, 6.07) is 15.2. The highest BCUT2D eigenvalue weighted by molar-refractivity contribution is 5.40. The Balaban J connectivity index is 1.89. The molecule has 1 aliphatic rings. The van der Waals surface area contributed by atoms with Crippen molar-refractivity contribution in [2.24, 2.45) is 0 Å². The van der Waals surface area contributed by atoms with Crippen molar-refractivity contribution >= 4 is 0 Å². The SMILES string of the molecule is CNC(c1ccc(C)cc1C)C1Cc2ccccc2O1. The summed E-state index contributed by atoms with van der Waals surface area (Å²) in [5, 5.41) is 3.43. The van der Waals surface area contributed by atoms with Crippen molar-refractivity contribution in [2.75, 3.05) is 7.05 Å². The van der Waals surface area contributed by atoms with Gasteiger partial charge in [-0.1, -0.05) is 42.0 Å². The van der Waals surface area contributed by atoms with Crippen LogP contribution < -0.4 is 10.1 Å². The first-order chi connectivity index (χ1) is 9.69. The second-order valence-corrected chi connectivity index (χ2v) is 5.59. The first-order valence-corrected chi connectivity index (χ1v) is 7.18. The van der Waals surface area contributed by atoms with Crippen LogP contribution in [0.15, 0.2) is 42.5 Å². The molecule has 3 rings (SSSR count). The number of hydrogen-bond acceptors (Lipinski definition) is 2. The maximum absolute atomic E-state index is 6.14. The molecule has 0 fully saturated rings. The Bertz CT molecular complexity index is 596. The fourth-order valence-corrected chi connectivity index (χ4v) is 3.11. The third-order valence-corrected chi connectivity index (χ3v) is 4.12. The van der Waals surface area contributed by atoms with Crippen LogP contribution >= 0.6 is 0 Å². The molecular formula is C18H21NO. The van der Waals surface area contributed by atoms with Gasteiger partial charge in [0.05, 0.1) is 6.04 Å². The smallest absolute Gasteiger partial charge is 0.123 e. The minimum atomic E-state index is 0.166. The summed E-state index contributed by atoms with van der Waals surface area (Å²) < 4.78 is 6.14. The molecular weight excluding hydrogens is 246 g/mol. The van der Waals surface area contributed by atoms with Crippen molar-refractivity contribution in [1.29, 1.82) is 0 Å². The third-order valence-electron chi connectivity index (χ3n) is 4.12. The van der Waals surface area contributed by atoms with E-state index in [2.05, 4.69) is 55.6 Å². The third kappa shape index (κ3) is 2.32. The molecule has 1 heterocycles. The van der Waals surface area contributed by atoms with Crippen molar-refractivity contribution in [3.63, 3.8) is 0 Å². The van der Waals surface area contributed by atoms with Gasteiger partial charge in [0.1, 0.15) is 11.9 Å². The van der Waals surface area contributed by atoms with Crippen LogP contribution in [0.2, 0.25) is 0 Å². The standard InChI is InChI=1S/C18H21NO/c1-12-8-9-15(13(2)10-12)18(19-3)17-11-14-6-4-5-7-16(14)20-17/h4-10,17-19H,11H2,1-3H3. The van der Waals surface area contributed by atoms with E-state index in [-0.39, 0.29) is 12.1 Å². The van der Waals surface area contributed by atoms with Gasteiger partial charge in [-0.3, -0.25) is 0 Å². The van der Waals surface area contributed by atoms with Crippen LogP contribution in [0.5, 0.6) is 5.75 Å². The first-order valence-electron chi connectivity index (χ1n) is 7.18. The lowest BCUT2D eigenvalue weighted by atomic mass is 9.93. The fraction of sp³-hybridized carbons (Fsp3) is 0.333.